The van der Waals surface area contributed by atoms with Crippen molar-refractivity contribution in [1.29, 1.82) is 0 Å². The zero-order valence-corrected chi connectivity index (χ0v) is 13.1. The Balaban J connectivity index is 1.82. The van der Waals surface area contributed by atoms with Gasteiger partial charge in [0.1, 0.15) is 5.78 Å². The molecule has 0 heterocycles. The molecule has 1 nitrogen and oxygen atoms in total. The van der Waals surface area contributed by atoms with Gasteiger partial charge in [-0.15, -0.1) is 11.8 Å². The molecule has 1 atom stereocenters. The molecule has 1 aromatic rings. The number of hydrogen-bond donors (Lipinski definition) is 0. The molecule has 1 unspecified atom stereocenters. The number of carbonyl (C=O) groups excluding carboxylic acids is 1. The van der Waals surface area contributed by atoms with Crippen LogP contribution >= 0.6 is 11.8 Å². The van der Waals surface area contributed by atoms with E-state index < -0.39 is 0 Å². The molecule has 1 aromatic carbocycles. The first-order valence-electron chi connectivity index (χ1n) is 7.23. The minimum Gasteiger partial charge on any atom is -0.299 e. The van der Waals surface area contributed by atoms with Crippen molar-refractivity contribution in [2.75, 3.05) is 5.75 Å². The highest BCUT2D eigenvalue weighted by Crippen LogP contribution is 2.29. The summed E-state index contributed by atoms with van der Waals surface area (Å²) in [6, 6.07) is 8.87. The Kier molecular flexibility index (Phi) is 4.72. The number of carbonyl (C=O) groups is 1. The first-order valence-corrected chi connectivity index (χ1v) is 8.21. The Labute approximate surface area is 121 Å². The van der Waals surface area contributed by atoms with Gasteiger partial charge in [0.25, 0.3) is 0 Å². The molecule has 0 aliphatic heterocycles. The van der Waals surface area contributed by atoms with Gasteiger partial charge in [0, 0.05) is 17.2 Å². The third-order valence-corrected chi connectivity index (χ3v) is 4.93. The van der Waals surface area contributed by atoms with E-state index in [1.165, 1.54) is 10.5 Å². The SMILES string of the molecule is CC(C)(C)c1ccc(SCCC2CCCC2=O)cc1. The zero-order valence-electron chi connectivity index (χ0n) is 12.2. The van der Waals surface area contributed by atoms with Crippen molar-refractivity contribution in [2.24, 2.45) is 5.92 Å². The molecule has 19 heavy (non-hydrogen) atoms. The number of hydrogen-bond acceptors (Lipinski definition) is 2. The topological polar surface area (TPSA) is 17.1 Å². The normalized spacial score (nSPS) is 19.9. The van der Waals surface area contributed by atoms with Crippen molar-refractivity contribution in [2.45, 2.75) is 56.8 Å². The quantitative estimate of drug-likeness (QED) is 0.732. The largest absolute Gasteiger partial charge is 0.299 e. The highest BCUT2D eigenvalue weighted by molar-refractivity contribution is 7.99. The molecule has 104 valence electrons. The molecule has 1 saturated carbocycles. The van der Waals surface area contributed by atoms with Gasteiger partial charge in [-0.1, -0.05) is 32.9 Å². The number of ketones is 1. The van der Waals surface area contributed by atoms with Crippen LogP contribution < -0.4 is 0 Å². The molecule has 1 aliphatic rings. The summed E-state index contributed by atoms with van der Waals surface area (Å²) in [5.41, 5.74) is 1.60. The third kappa shape index (κ3) is 4.10. The zero-order chi connectivity index (χ0) is 13.9. The van der Waals surface area contributed by atoms with E-state index in [0.29, 0.717) is 11.7 Å². The summed E-state index contributed by atoms with van der Waals surface area (Å²) < 4.78 is 0. The lowest BCUT2D eigenvalue weighted by Gasteiger charge is -2.19. The van der Waals surface area contributed by atoms with E-state index >= 15 is 0 Å². The number of thioether (sulfide) groups is 1. The lowest BCUT2D eigenvalue weighted by atomic mass is 9.87. The van der Waals surface area contributed by atoms with Gasteiger partial charge < -0.3 is 0 Å². The Hall–Kier alpha value is -0.760. The van der Waals surface area contributed by atoms with Crippen molar-refractivity contribution in [1.82, 2.24) is 0 Å². The van der Waals surface area contributed by atoms with Gasteiger partial charge in [0.15, 0.2) is 0 Å². The van der Waals surface area contributed by atoms with Crippen LogP contribution in [0, 0.1) is 5.92 Å². The van der Waals surface area contributed by atoms with Crippen molar-refractivity contribution < 1.29 is 4.79 Å². The summed E-state index contributed by atoms with van der Waals surface area (Å²) in [6.07, 6.45) is 4.08. The van der Waals surface area contributed by atoms with E-state index in [-0.39, 0.29) is 5.41 Å². The smallest absolute Gasteiger partial charge is 0.136 e. The minimum atomic E-state index is 0.222. The standard InChI is InChI=1S/C17H24OS/c1-17(2,3)14-7-9-15(10-8-14)19-12-11-13-5-4-6-16(13)18/h7-10,13H,4-6,11-12H2,1-3H3. The summed E-state index contributed by atoms with van der Waals surface area (Å²) >= 11 is 1.88. The van der Waals surface area contributed by atoms with Crippen LogP contribution in [-0.2, 0) is 10.2 Å². The van der Waals surface area contributed by atoms with Gasteiger partial charge in [-0.25, -0.2) is 0 Å². The van der Waals surface area contributed by atoms with Crippen LogP contribution in [0.25, 0.3) is 0 Å². The molecular formula is C17H24OS. The fourth-order valence-electron chi connectivity index (χ4n) is 2.56. The lowest BCUT2D eigenvalue weighted by molar-refractivity contribution is -0.120. The monoisotopic (exact) mass is 276 g/mol. The second-order valence-corrected chi connectivity index (χ2v) is 7.64. The summed E-state index contributed by atoms with van der Waals surface area (Å²) in [4.78, 5) is 12.9. The Bertz CT molecular complexity index is 428. The van der Waals surface area contributed by atoms with Crippen LogP contribution in [0.2, 0.25) is 0 Å². The van der Waals surface area contributed by atoms with Crippen LogP contribution in [0.15, 0.2) is 29.2 Å². The van der Waals surface area contributed by atoms with Crippen molar-refractivity contribution in [3.8, 4) is 0 Å². The fourth-order valence-corrected chi connectivity index (χ4v) is 3.53. The Morgan fingerprint density at radius 1 is 1.21 bits per heavy atom. The average Bonchev–Trinajstić information content (AvgIpc) is 2.75. The summed E-state index contributed by atoms with van der Waals surface area (Å²) in [7, 11) is 0. The van der Waals surface area contributed by atoms with E-state index in [4.69, 9.17) is 0 Å². The maximum atomic E-state index is 11.6. The highest BCUT2D eigenvalue weighted by Gasteiger charge is 2.23. The van der Waals surface area contributed by atoms with Gasteiger partial charge in [0.2, 0.25) is 0 Å². The maximum absolute atomic E-state index is 11.6. The van der Waals surface area contributed by atoms with Crippen LogP contribution in [0.4, 0.5) is 0 Å². The minimum absolute atomic E-state index is 0.222. The second kappa shape index (κ2) is 6.13. The molecular weight excluding hydrogens is 252 g/mol. The molecule has 0 saturated heterocycles. The molecule has 0 N–H and O–H groups in total. The van der Waals surface area contributed by atoms with Gasteiger partial charge in [0.05, 0.1) is 0 Å². The van der Waals surface area contributed by atoms with Gasteiger partial charge in [-0.2, -0.15) is 0 Å². The van der Waals surface area contributed by atoms with E-state index in [1.54, 1.807) is 0 Å². The van der Waals surface area contributed by atoms with Crippen LogP contribution in [0.1, 0.15) is 52.0 Å². The number of benzene rings is 1. The van der Waals surface area contributed by atoms with Crippen molar-refractivity contribution >= 4 is 17.5 Å². The molecule has 2 heteroatoms. The summed E-state index contributed by atoms with van der Waals surface area (Å²) in [5, 5.41) is 0. The van der Waals surface area contributed by atoms with Gasteiger partial charge >= 0.3 is 0 Å². The molecule has 1 fully saturated rings. The molecule has 2 rings (SSSR count). The summed E-state index contributed by atoms with van der Waals surface area (Å²) in [5.74, 6) is 1.90. The number of rotatable bonds is 4. The first kappa shape index (κ1) is 14.6. The molecule has 0 amide bonds. The third-order valence-electron chi connectivity index (χ3n) is 3.89. The van der Waals surface area contributed by atoms with E-state index in [2.05, 4.69) is 45.0 Å². The van der Waals surface area contributed by atoms with Gasteiger partial charge in [-0.05, 0) is 48.1 Å². The van der Waals surface area contributed by atoms with Crippen LogP contribution in [-0.4, -0.2) is 11.5 Å². The van der Waals surface area contributed by atoms with Crippen molar-refractivity contribution in [3.05, 3.63) is 29.8 Å². The van der Waals surface area contributed by atoms with E-state index in [1.807, 2.05) is 11.8 Å². The van der Waals surface area contributed by atoms with Crippen molar-refractivity contribution in [3.63, 3.8) is 0 Å². The fraction of sp³-hybridized carbons (Fsp3) is 0.588. The lowest BCUT2D eigenvalue weighted by Crippen LogP contribution is -2.10. The van der Waals surface area contributed by atoms with Crippen LogP contribution in [0.3, 0.4) is 0 Å². The summed E-state index contributed by atoms with van der Waals surface area (Å²) in [6.45, 7) is 6.71. The predicted molar refractivity (Wildman–Crippen MR) is 82.8 cm³/mol. The highest BCUT2D eigenvalue weighted by atomic mass is 32.2. The first-order chi connectivity index (χ1) is 8.97. The van der Waals surface area contributed by atoms with E-state index in [9.17, 15) is 4.79 Å². The molecule has 0 radical (unpaired) electrons. The Morgan fingerprint density at radius 2 is 1.89 bits per heavy atom. The van der Waals surface area contributed by atoms with Gasteiger partial charge in [-0.3, -0.25) is 4.79 Å². The number of Topliss-reactive ketones (excluding diaryl/α,β-unsaturated/α-hetero) is 1. The second-order valence-electron chi connectivity index (χ2n) is 6.47. The molecule has 1 aliphatic carbocycles. The average molecular weight is 276 g/mol. The Morgan fingerprint density at radius 3 is 2.42 bits per heavy atom. The molecule has 0 bridgehead atoms. The molecule has 0 spiro atoms. The maximum Gasteiger partial charge on any atom is 0.136 e. The predicted octanol–water partition coefficient (Wildman–Crippen LogP) is 4.84. The van der Waals surface area contributed by atoms with Crippen LogP contribution in [0.5, 0.6) is 0 Å². The molecule has 0 aromatic heterocycles. The van der Waals surface area contributed by atoms with E-state index in [0.717, 1.165) is 31.4 Å².